The Hall–Kier alpha value is -4.08. The maximum absolute atomic E-state index is 12.8. The third kappa shape index (κ3) is 4.02. The van der Waals surface area contributed by atoms with Gasteiger partial charge < -0.3 is 14.7 Å². The van der Waals surface area contributed by atoms with Crippen LogP contribution in [0.15, 0.2) is 55.1 Å². The molecule has 0 unspecified atom stereocenters. The summed E-state index contributed by atoms with van der Waals surface area (Å²) in [7, 11) is 0. The number of nitrogens with zero attached hydrogens (tertiary/aromatic N) is 3. The number of alkyl halides is 1. The molecule has 1 aliphatic carbocycles. The molecule has 0 bridgehead atoms. The van der Waals surface area contributed by atoms with E-state index in [0.29, 0.717) is 52.9 Å². The number of fused-ring (bicyclic) bond motifs is 2. The van der Waals surface area contributed by atoms with E-state index in [2.05, 4.69) is 15.3 Å². The molecule has 174 valence electrons. The van der Waals surface area contributed by atoms with E-state index < -0.39 is 18.4 Å². The van der Waals surface area contributed by atoms with Crippen molar-refractivity contribution in [2.75, 3.05) is 12.2 Å². The zero-order valence-electron chi connectivity index (χ0n) is 18.1. The van der Waals surface area contributed by atoms with Crippen LogP contribution in [0.2, 0.25) is 0 Å². The predicted octanol–water partition coefficient (Wildman–Crippen LogP) is 3.28. The van der Waals surface area contributed by atoms with E-state index in [4.69, 9.17) is 9.47 Å². The average Bonchev–Trinajstić information content (AvgIpc) is 3.10. The number of rotatable bonds is 5. The maximum Gasteiger partial charge on any atom is 0.339 e. The molecule has 1 fully saturated rings. The van der Waals surface area contributed by atoms with E-state index in [0.717, 1.165) is 5.56 Å². The van der Waals surface area contributed by atoms with Crippen molar-refractivity contribution in [2.45, 2.75) is 31.3 Å². The molecule has 0 atom stereocenters. The quantitative estimate of drug-likeness (QED) is 0.350. The van der Waals surface area contributed by atoms with Crippen LogP contribution in [0.4, 0.5) is 10.3 Å². The van der Waals surface area contributed by atoms with Crippen molar-refractivity contribution in [1.82, 2.24) is 9.97 Å². The van der Waals surface area contributed by atoms with Crippen LogP contribution in [0.3, 0.4) is 0 Å². The van der Waals surface area contributed by atoms with Crippen LogP contribution in [0.25, 0.3) is 11.1 Å². The fraction of sp³-hybridized carbons (Fsp3) is 0.292. The number of hydrogen-bond acceptors (Lipinski definition) is 7. The fourth-order valence-electron chi connectivity index (χ4n) is 4.61. The number of carbonyl (C=O) groups is 2. The Balaban J connectivity index is 1.22. The average molecular weight is 464 g/mol. The molecule has 1 aliphatic heterocycles. The molecule has 1 aromatic carbocycles. The van der Waals surface area contributed by atoms with Gasteiger partial charge in [0.2, 0.25) is 18.7 Å². The van der Waals surface area contributed by atoms with Gasteiger partial charge in [0.1, 0.15) is 11.4 Å². The summed E-state index contributed by atoms with van der Waals surface area (Å²) in [5.74, 6) is -0.371. The number of benzene rings is 1. The number of hydrogen-bond donors (Lipinski definition) is 1. The third-order valence-electron chi connectivity index (χ3n) is 6.37. The molecule has 2 aliphatic rings. The fourth-order valence-corrected chi connectivity index (χ4v) is 4.61. The molecule has 0 radical (unpaired) electrons. The van der Waals surface area contributed by atoms with Crippen molar-refractivity contribution >= 4 is 17.8 Å². The highest BCUT2D eigenvalue weighted by Crippen LogP contribution is 2.47. The van der Waals surface area contributed by atoms with E-state index in [1.54, 1.807) is 30.6 Å². The first kappa shape index (κ1) is 21.7. The molecule has 1 spiro atoms. The zero-order valence-corrected chi connectivity index (χ0v) is 18.1. The number of amides is 1. The number of ether oxygens (including phenoxy) is 2. The lowest BCUT2D eigenvalue weighted by Gasteiger charge is -2.35. The first-order chi connectivity index (χ1) is 16.5. The van der Waals surface area contributed by atoms with Gasteiger partial charge in [0, 0.05) is 29.9 Å². The summed E-state index contributed by atoms with van der Waals surface area (Å²) in [5, 5.41) is 14.5. The molecule has 1 saturated carbocycles. The summed E-state index contributed by atoms with van der Waals surface area (Å²) >= 11 is 0. The lowest BCUT2D eigenvalue weighted by molar-refractivity contribution is -0.606. The van der Waals surface area contributed by atoms with Crippen LogP contribution in [-0.2, 0) is 15.1 Å². The van der Waals surface area contributed by atoms with Crippen LogP contribution < -0.4 is 14.8 Å². The Morgan fingerprint density at radius 1 is 1.24 bits per heavy atom. The molecule has 0 saturated heterocycles. The SMILES string of the molecule is O=C1OC2(CCC(C(=O)Nc3ncc(-c4cccc(OCF)c4)cn3)CC2)c2c[n+]([O-])ccc21. The van der Waals surface area contributed by atoms with Crippen LogP contribution in [0, 0.1) is 11.1 Å². The van der Waals surface area contributed by atoms with Crippen molar-refractivity contribution in [3.05, 3.63) is 71.5 Å². The normalized spacial score (nSPS) is 21.1. The lowest BCUT2D eigenvalue weighted by atomic mass is 9.75. The highest BCUT2D eigenvalue weighted by Gasteiger charge is 2.50. The van der Waals surface area contributed by atoms with Crippen LogP contribution in [0.5, 0.6) is 5.75 Å². The molecule has 1 N–H and O–H groups in total. The first-order valence-corrected chi connectivity index (χ1v) is 10.9. The van der Waals surface area contributed by atoms with Gasteiger partial charge in [-0.1, -0.05) is 12.1 Å². The minimum atomic E-state index is -0.916. The second kappa shape index (κ2) is 8.69. The molecule has 34 heavy (non-hydrogen) atoms. The van der Waals surface area contributed by atoms with Crippen molar-refractivity contribution in [1.29, 1.82) is 0 Å². The maximum atomic E-state index is 12.8. The molecule has 5 rings (SSSR count). The van der Waals surface area contributed by atoms with Crippen LogP contribution >= 0.6 is 0 Å². The van der Waals surface area contributed by atoms with Gasteiger partial charge in [-0.3, -0.25) is 10.1 Å². The van der Waals surface area contributed by atoms with Crippen molar-refractivity contribution in [3.63, 3.8) is 0 Å². The Morgan fingerprint density at radius 3 is 2.74 bits per heavy atom. The minimum Gasteiger partial charge on any atom is -0.619 e. The number of halogens is 1. The zero-order chi connectivity index (χ0) is 23.7. The molecule has 2 aromatic heterocycles. The summed E-state index contributed by atoms with van der Waals surface area (Å²) in [6.07, 6.45) is 7.68. The molecule has 1 amide bonds. The molecular weight excluding hydrogens is 443 g/mol. The van der Waals surface area contributed by atoms with Gasteiger partial charge in [0.05, 0.1) is 11.1 Å². The van der Waals surface area contributed by atoms with Crippen LogP contribution in [0.1, 0.15) is 41.6 Å². The Kier molecular flexibility index (Phi) is 5.56. The van der Waals surface area contributed by atoms with Gasteiger partial charge in [-0.15, -0.1) is 0 Å². The summed E-state index contributed by atoms with van der Waals surface area (Å²) in [6.45, 7) is -0.916. The monoisotopic (exact) mass is 464 g/mol. The summed E-state index contributed by atoms with van der Waals surface area (Å²) in [6, 6.07) is 8.36. The molecule has 3 heterocycles. The highest BCUT2D eigenvalue weighted by atomic mass is 19.1. The molecule has 9 nitrogen and oxygen atoms in total. The first-order valence-electron chi connectivity index (χ1n) is 10.9. The number of aromatic nitrogens is 3. The van der Waals surface area contributed by atoms with Crippen molar-refractivity contribution < 1.29 is 28.2 Å². The van der Waals surface area contributed by atoms with Crippen LogP contribution in [-0.4, -0.2) is 28.7 Å². The Bertz CT molecular complexity index is 1240. The van der Waals surface area contributed by atoms with E-state index in [9.17, 15) is 19.2 Å². The van der Waals surface area contributed by atoms with E-state index in [1.807, 2.05) is 6.07 Å². The second-order valence-electron chi connectivity index (χ2n) is 8.36. The number of esters is 1. The predicted molar refractivity (Wildman–Crippen MR) is 117 cm³/mol. The third-order valence-corrected chi connectivity index (χ3v) is 6.37. The summed E-state index contributed by atoms with van der Waals surface area (Å²) in [4.78, 5) is 33.5. The number of anilines is 1. The van der Waals surface area contributed by atoms with E-state index in [1.165, 1.54) is 18.5 Å². The Morgan fingerprint density at radius 2 is 2.00 bits per heavy atom. The van der Waals surface area contributed by atoms with Gasteiger partial charge in [-0.2, -0.15) is 4.73 Å². The molecule has 10 heteroatoms. The summed E-state index contributed by atoms with van der Waals surface area (Å²) in [5.41, 5.74) is 1.60. The van der Waals surface area contributed by atoms with Gasteiger partial charge in [-0.25, -0.2) is 19.2 Å². The standard InChI is InChI=1S/C24H21FN4O5/c25-14-33-18-3-1-2-16(10-18)17-11-26-23(27-12-17)28-21(30)15-4-7-24(8-5-15)20-13-29(32)9-6-19(20)22(31)34-24/h1-3,6,9-13,15H,4-5,7-8,14H2,(H,26,27,28,30). The smallest absolute Gasteiger partial charge is 0.339 e. The van der Waals surface area contributed by atoms with Gasteiger partial charge >= 0.3 is 5.97 Å². The van der Waals surface area contributed by atoms with Gasteiger partial charge in [-0.05, 0) is 43.4 Å². The lowest BCUT2D eigenvalue weighted by Crippen LogP contribution is -2.37. The minimum absolute atomic E-state index is 0.176. The molecule has 3 aromatic rings. The van der Waals surface area contributed by atoms with E-state index in [-0.39, 0.29) is 17.8 Å². The van der Waals surface area contributed by atoms with Gasteiger partial charge in [0.25, 0.3) is 0 Å². The highest BCUT2D eigenvalue weighted by molar-refractivity contribution is 5.94. The van der Waals surface area contributed by atoms with Crippen molar-refractivity contribution in [2.24, 2.45) is 5.92 Å². The number of carbonyl (C=O) groups excluding carboxylic acids is 2. The Labute approximate surface area is 194 Å². The number of pyridine rings is 1. The number of nitrogens with one attached hydrogen (secondary N) is 1. The molecular formula is C24H21FN4O5. The second-order valence-corrected chi connectivity index (χ2v) is 8.36. The summed E-state index contributed by atoms with van der Waals surface area (Å²) < 4.78 is 23.6. The van der Waals surface area contributed by atoms with Crippen molar-refractivity contribution in [3.8, 4) is 16.9 Å². The largest absolute Gasteiger partial charge is 0.619 e. The van der Waals surface area contributed by atoms with E-state index >= 15 is 0 Å². The topological polar surface area (TPSA) is 117 Å². The van der Waals surface area contributed by atoms with Gasteiger partial charge in [0.15, 0.2) is 12.4 Å².